The molecule has 2 atom stereocenters. The molecular formula is C36H38F6N6O5. The predicted molar refractivity (Wildman–Crippen MR) is 183 cm³/mol. The first-order chi connectivity index (χ1) is 24.9. The molecule has 3 aliphatic rings. The highest BCUT2D eigenvalue weighted by atomic mass is 19.4. The van der Waals surface area contributed by atoms with Crippen molar-refractivity contribution in [1.29, 1.82) is 0 Å². The van der Waals surface area contributed by atoms with E-state index in [1.807, 2.05) is 0 Å². The van der Waals surface area contributed by atoms with Gasteiger partial charge in [0.05, 0.1) is 23.8 Å². The van der Waals surface area contributed by atoms with E-state index in [0.29, 0.717) is 22.4 Å². The zero-order chi connectivity index (χ0) is 38.4. The average Bonchev–Trinajstić information content (AvgIpc) is 3.09. The highest BCUT2D eigenvalue weighted by Gasteiger charge is 2.49. The van der Waals surface area contributed by atoms with Crippen molar-refractivity contribution >= 4 is 29.1 Å². The van der Waals surface area contributed by atoms with Gasteiger partial charge in [-0.15, -0.1) is 13.2 Å². The van der Waals surface area contributed by atoms with E-state index in [-0.39, 0.29) is 74.7 Å². The van der Waals surface area contributed by atoms with Crippen LogP contribution in [0, 0.1) is 19.7 Å². The van der Waals surface area contributed by atoms with Gasteiger partial charge in [-0.3, -0.25) is 29.4 Å². The quantitative estimate of drug-likeness (QED) is 0.267. The third kappa shape index (κ3) is 7.99. The fourth-order valence-corrected chi connectivity index (χ4v) is 7.22. The lowest BCUT2D eigenvalue weighted by atomic mass is 9.96. The number of hydrogen-bond acceptors (Lipinski definition) is 8. The molecule has 3 amide bonds. The molecule has 0 bridgehead atoms. The van der Waals surface area contributed by atoms with E-state index < -0.39 is 59.9 Å². The minimum absolute atomic E-state index is 0.151. The van der Waals surface area contributed by atoms with Gasteiger partial charge in [-0.05, 0) is 68.1 Å². The minimum Gasteiger partial charge on any atom is -0.405 e. The number of imide groups is 1. The number of nitrogens with one attached hydrogen (secondary N) is 2. The molecule has 2 N–H and O–H groups in total. The number of ether oxygens (including phenoxy) is 1. The highest BCUT2D eigenvalue weighted by Crippen LogP contribution is 2.37. The largest absolute Gasteiger partial charge is 0.573 e. The molecule has 6 rings (SSSR count). The highest BCUT2D eigenvalue weighted by molar-refractivity contribution is 6.01. The molecule has 0 saturated carbocycles. The van der Waals surface area contributed by atoms with Gasteiger partial charge in [0.1, 0.15) is 17.6 Å². The van der Waals surface area contributed by atoms with Crippen LogP contribution in [0.3, 0.4) is 0 Å². The molecule has 3 aromatic rings. The SMILES string of the molecule is Cc1c(-c2ccc(C(=O)N3CC[C@@H](N4CCN(c5ccc(N[C@@H]6CCC(=O)NC6=O)cc5F)CC4)C(F)(F)C3)c(OC(F)(F)F)c2)cn(C)c(=O)c1C. The summed E-state index contributed by atoms with van der Waals surface area (Å²) in [4.78, 5) is 53.5. The second kappa shape index (κ2) is 14.4. The smallest absolute Gasteiger partial charge is 0.405 e. The normalized spacial score (nSPS) is 21.0. The van der Waals surface area contributed by atoms with Crippen LogP contribution in [-0.4, -0.2) is 95.7 Å². The van der Waals surface area contributed by atoms with Crippen molar-refractivity contribution in [2.24, 2.45) is 7.05 Å². The second-order valence-electron chi connectivity index (χ2n) is 13.6. The van der Waals surface area contributed by atoms with E-state index in [1.54, 1.807) is 29.7 Å². The van der Waals surface area contributed by atoms with Gasteiger partial charge in [0.2, 0.25) is 11.8 Å². The van der Waals surface area contributed by atoms with Crippen LogP contribution in [0.1, 0.15) is 40.7 Å². The summed E-state index contributed by atoms with van der Waals surface area (Å²) in [6.07, 6.45) is -3.45. The molecule has 17 heteroatoms. The maximum Gasteiger partial charge on any atom is 0.573 e. The van der Waals surface area contributed by atoms with Crippen LogP contribution >= 0.6 is 0 Å². The van der Waals surface area contributed by atoms with E-state index in [1.165, 1.54) is 36.0 Å². The van der Waals surface area contributed by atoms with E-state index in [0.717, 1.165) is 17.0 Å². The summed E-state index contributed by atoms with van der Waals surface area (Å²) in [6, 6.07) is 5.93. The molecule has 284 valence electrons. The van der Waals surface area contributed by atoms with Crippen molar-refractivity contribution in [3.8, 4) is 16.9 Å². The Morgan fingerprint density at radius 2 is 1.68 bits per heavy atom. The number of piperazine rings is 1. The summed E-state index contributed by atoms with van der Waals surface area (Å²) < 4.78 is 92.8. The van der Waals surface area contributed by atoms with Crippen LogP contribution in [0.15, 0.2) is 47.4 Å². The summed E-state index contributed by atoms with van der Waals surface area (Å²) in [6.45, 7) is 2.83. The summed E-state index contributed by atoms with van der Waals surface area (Å²) in [5.74, 6) is -6.75. The maximum absolute atomic E-state index is 15.8. The zero-order valence-corrected chi connectivity index (χ0v) is 29.2. The molecule has 4 heterocycles. The Morgan fingerprint density at radius 3 is 2.32 bits per heavy atom. The van der Waals surface area contributed by atoms with Gasteiger partial charge < -0.3 is 24.4 Å². The number of anilines is 2. The van der Waals surface area contributed by atoms with Crippen molar-refractivity contribution < 1.29 is 45.5 Å². The first kappa shape index (κ1) is 37.7. The van der Waals surface area contributed by atoms with Crippen molar-refractivity contribution in [2.45, 2.75) is 57.5 Å². The Bertz CT molecular complexity index is 1990. The van der Waals surface area contributed by atoms with E-state index in [9.17, 15) is 32.3 Å². The van der Waals surface area contributed by atoms with E-state index in [4.69, 9.17) is 0 Å². The topological polar surface area (TPSA) is 116 Å². The summed E-state index contributed by atoms with van der Waals surface area (Å²) in [5.41, 5.74) is 1.38. The van der Waals surface area contributed by atoms with E-state index in [2.05, 4.69) is 15.4 Å². The van der Waals surface area contributed by atoms with Crippen LogP contribution in [-0.2, 0) is 16.6 Å². The van der Waals surface area contributed by atoms with Crippen LogP contribution in [0.4, 0.5) is 37.7 Å². The third-order valence-corrected chi connectivity index (χ3v) is 10.2. The molecule has 53 heavy (non-hydrogen) atoms. The molecule has 0 spiro atoms. The van der Waals surface area contributed by atoms with Crippen LogP contribution in [0.5, 0.6) is 5.75 Å². The number of nitrogens with zero attached hydrogens (tertiary/aromatic N) is 4. The molecule has 3 saturated heterocycles. The molecular weight excluding hydrogens is 710 g/mol. The number of likely N-dealkylation sites (tertiary alicyclic amines) is 1. The Morgan fingerprint density at radius 1 is 0.962 bits per heavy atom. The van der Waals surface area contributed by atoms with Crippen LogP contribution < -0.4 is 25.8 Å². The number of aromatic nitrogens is 1. The van der Waals surface area contributed by atoms with Crippen molar-refractivity contribution in [3.63, 3.8) is 0 Å². The van der Waals surface area contributed by atoms with Gasteiger partial charge in [0.25, 0.3) is 17.4 Å². The number of aryl methyl sites for hydroxylation is 1. The van der Waals surface area contributed by atoms with Crippen molar-refractivity contribution in [3.05, 3.63) is 75.5 Å². The summed E-state index contributed by atoms with van der Waals surface area (Å²) in [7, 11) is 1.50. The third-order valence-electron chi connectivity index (χ3n) is 10.2. The lowest BCUT2D eigenvalue weighted by Crippen LogP contribution is -2.62. The standard InChI is InChI=1S/C36H38F6N6O5/c1-20-21(2)33(51)45(3)18-25(20)22-4-6-24(29(16-22)53-36(40,41)42)34(52)48-11-10-30(35(38,39)19-48)47-14-12-46(13-15-47)28-8-5-23(17-26(28)37)43-27-7-9-31(49)44-32(27)50/h4-6,8,16-18,27,30,43H,7,9-15,19H2,1-3H3,(H,44,49,50)/t27-,30-/m1/s1. The minimum atomic E-state index is -5.18. The van der Waals surface area contributed by atoms with Gasteiger partial charge in [0.15, 0.2) is 0 Å². The maximum atomic E-state index is 15.8. The number of carbonyl (C=O) groups is 3. The number of halogens is 6. The average molecular weight is 749 g/mol. The lowest BCUT2D eigenvalue weighted by Gasteiger charge is -2.46. The Hall–Kier alpha value is -5.06. The monoisotopic (exact) mass is 748 g/mol. The number of rotatable bonds is 7. The number of benzene rings is 2. The lowest BCUT2D eigenvalue weighted by molar-refractivity contribution is -0.274. The number of amides is 3. The van der Waals surface area contributed by atoms with Gasteiger partial charge in [-0.25, -0.2) is 13.2 Å². The summed E-state index contributed by atoms with van der Waals surface area (Å²) >= 11 is 0. The number of hydrogen-bond donors (Lipinski definition) is 2. The Kier molecular flexibility index (Phi) is 10.2. The first-order valence-electron chi connectivity index (χ1n) is 17.0. The number of carbonyl (C=O) groups excluding carboxylic acids is 3. The number of alkyl halides is 5. The zero-order valence-electron chi connectivity index (χ0n) is 29.2. The molecule has 3 aliphatic heterocycles. The van der Waals surface area contributed by atoms with Gasteiger partial charge in [-0.1, -0.05) is 6.07 Å². The molecule has 0 aliphatic carbocycles. The van der Waals surface area contributed by atoms with Crippen molar-refractivity contribution in [2.75, 3.05) is 49.5 Å². The van der Waals surface area contributed by atoms with E-state index >= 15 is 13.2 Å². The van der Waals surface area contributed by atoms with Crippen LogP contribution in [0.25, 0.3) is 11.1 Å². The molecule has 11 nitrogen and oxygen atoms in total. The molecule has 2 aromatic carbocycles. The fraction of sp³-hybridized carbons (Fsp3) is 0.444. The van der Waals surface area contributed by atoms with Crippen molar-refractivity contribution in [1.82, 2.24) is 19.7 Å². The molecule has 0 unspecified atom stereocenters. The predicted octanol–water partition coefficient (Wildman–Crippen LogP) is 4.60. The second-order valence-corrected chi connectivity index (χ2v) is 13.6. The fourth-order valence-electron chi connectivity index (χ4n) is 7.22. The summed E-state index contributed by atoms with van der Waals surface area (Å²) in [5, 5.41) is 5.15. The van der Waals surface area contributed by atoms with Gasteiger partial charge >= 0.3 is 6.36 Å². The molecule has 1 aromatic heterocycles. The van der Waals surface area contributed by atoms with Crippen LogP contribution in [0.2, 0.25) is 0 Å². The Labute approximate surface area is 300 Å². The number of piperidine rings is 2. The first-order valence-corrected chi connectivity index (χ1v) is 17.0. The molecule has 3 fully saturated rings. The number of pyridine rings is 1. The molecule has 0 radical (unpaired) electrons. The van der Waals surface area contributed by atoms with Gasteiger partial charge in [-0.2, -0.15) is 0 Å². The van der Waals surface area contributed by atoms with Gasteiger partial charge in [0, 0.05) is 69.2 Å². The Balaban J connectivity index is 1.11.